The number of ether oxygens (including phenoxy) is 1. The highest BCUT2D eigenvalue weighted by atomic mass is 16.5. The van der Waals surface area contributed by atoms with Crippen molar-refractivity contribution < 1.29 is 14.3 Å². The molecule has 4 heteroatoms. The van der Waals surface area contributed by atoms with Crippen molar-refractivity contribution in [3.05, 3.63) is 35.6 Å². The Labute approximate surface area is 119 Å². The molecular weight excluding hydrogens is 254 g/mol. The second-order valence-corrected chi connectivity index (χ2v) is 4.95. The molecule has 1 atom stereocenters. The van der Waals surface area contributed by atoms with Gasteiger partial charge in [-0.1, -0.05) is 18.2 Å². The quantitative estimate of drug-likeness (QED) is 0.729. The number of rotatable bonds is 8. The van der Waals surface area contributed by atoms with Gasteiger partial charge in [0, 0.05) is 12.0 Å². The van der Waals surface area contributed by atoms with Gasteiger partial charge in [0.15, 0.2) is 0 Å². The number of hydrogen-bond donors (Lipinski definition) is 2. The number of para-hydroxylation sites is 1. The van der Waals surface area contributed by atoms with Gasteiger partial charge in [-0.15, -0.1) is 0 Å². The maximum atomic E-state index is 8.61. The van der Waals surface area contributed by atoms with Crippen LogP contribution in [0.3, 0.4) is 0 Å². The van der Waals surface area contributed by atoms with E-state index in [0.717, 1.165) is 24.3 Å². The number of nitrogens with one attached hydrogen (secondary N) is 1. The zero-order chi connectivity index (χ0) is 14.4. The highest BCUT2D eigenvalue weighted by Gasteiger charge is 2.15. The summed E-state index contributed by atoms with van der Waals surface area (Å²) in [5.74, 6) is 1.00. The highest BCUT2D eigenvalue weighted by molar-refractivity contribution is 5.82. The van der Waals surface area contributed by atoms with Gasteiger partial charge in [0.25, 0.3) is 0 Å². The minimum Gasteiger partial charge on any atom is -0.459 e. The Morgan fingerprint density at radius 1 is 1.30 bits per heavy atom. The fraction of sp³-hybridized carbons (Fsp3) is 0.500. The number of aryl methyl sites for hydroxylation is 1. The van der Waals surface area contributed by atoms with E-state index in [1.165, 1.54) is 10.9 Å². The van der Waals surface area contributed by atoms with Gasteiger partial charge in [0.05, 0.1) is 19.3 Å². The summed E-state index contributed by atoms with van der Waals surface area (Å²) in [7, 11) is 0. The molecule has 1 aromatic heterocycles. The number of furan rings is 1. The fourth-order valence-electron chi connectivity index (χ4n) is 2.36. The van der Waals surface area contributed by atoms with Crippen LogP contribution in [0.5, 0.6) is 0 Å². The highest BCUT2D eigenvalue weighted by Crippen LogP contribution is 2.28. The summed E-state index contributed by atoms with van der Waals surface area (Å²) in [4.78, 5) is 0. The van der Waals surface area contributed by atoms with Crippen LogP contribution in [0.15, 0.2) is 28.7 Å². The molecule has 0 bridgehead atoms. The molecule has 1 aromatic carbocycles. The Kier molecular flexibility index (Phi) is 5.59. The van der Waals surface area contributed by atoms with E-state index in [4.69, 9.17) is 14.3 Å². The first-order chi connectivity index (χ1) is 9.74. The smallest absolute Gasteiger partial charge is 0.134 e. The summed E-state index contributed by atoms with van der Waals surface area (Å²) in [5, 5.41) is 13.2. The third-order valence-corrected chi connectivity index (χ3v) is 3.43. The Balaban J connectivity index is 1.88. The molecule has 0 fully saturated rings. The Morgan fingerprint density at radius 3 is 2.85 bits per heavy atom. The first kappa shape index (κ1) is 15.0. The van der Waals surface area contributed by atoms with Crippen LogP contribution in [0.1, 0.15) is 30.7 Å². The predicted molar refractivity (Wildman–Crippen MR) is 79.9 cm³/mol. The number of hydrogen-bond acceptors (Lipinski definition) is 4. The predicted octanol–water partition coefficient (Wildman–Crippen LogP) is 2.79. The summed E-state index contributed by atoms with van der Waals surface area (Å²) in [6.45, 7) is 6.24. The van der Waals surface area contributed by atoms with Crippen molar-refractivity contribution >= 4 is 11.0 Å². The van der Waals surface area contributed by atoms with Gasteiger partial charge >= 0.3 is 0 Å². The molecule has 0 saturated heterocycles. The van der Waals surface area contributed by atoms with Crippen molar-refractivity contribution in [3.63, 3.8) is 0 Å². The molecule has 0 aliphatic heterocycles. The maximum absolute atomic E-state index is 8.61. The summed E-state index contributed by atoms with van der Waals surface area (Å²) in [6, 6.07) is 8.30. The number of benzene rings is 1. The molecule has 0 aliphatic rings. The van der Waals surface area contributed by atoms with Crippen LogP contribution in [-0.4, -0.2) is 31.5 Å². The summed E-state index contributed by atoms with van der Waals surface area (Å²) in [5.41, 5.74) is 2.15. The maximum Gasteiger partial charge on any atom is 0.134 e. The van der Waals surface area contributed by atoms with Gasteiger partial charge in [0.2, 0.25) is 0 Å². The van der Waals surface area contributed by atoms with E-state index in [2.05, 4.69) is 25.2 Å². The minimum absolute atomic E-state index is 0.0853. The van der Waals surface area contributed by atoms with Crippen LogP contribution >= 0.6 is 0 Å². The van der Waals surface area contributed by atoms with Crippen LogP contribution in [0, 0.1) is 6.92 Å². The van der Waals surface area contributed by atoms with Crippen LogP contribution in [0.25, 0.3) is 11.0 Å². The molecule has 0 spiro atoms. The van der Waals surface area contributed by atoms with Gasteiger partial charge in [-0.05, 0) is 38.4 Å². The average Bonchev–Trinajstić information content (AvgIpc) is 2.80. The van der Waals surface area contributed by atoms with Gasteiger partial charge in [-0.3, -0.25) is 0 Å². The third-order valence-electron chi connectivity index (χ3n) is 3.43. The van der Waals surface area contributed by atoms with Gasteiger partial charge in [0.1, 0.15) is 11.3 Å². The number of aliphatic hydroxyl groups excluding tert-OH is 1. The van der Waals surface area contributed by atoms with Crippen LogP contribution in [0.2, 0.25) is 0 Å². The molecule has 4 nitrogen and oxygen atoms in total. The number of fused-ring (bicyclic) bond motifs is 1. The molecule has 2 rings (SSSR count). The van der Waals surface area contributed by atoms with Crippen molar-refractivity contribution in [2.24, 2.45) is 0 Å². The van der Waals surface area contributed by atoms with Gasteiger partial charge in [-0.2, -0.15) is 0 Å². The standard InChI is InChI=1S/C16H23NO3/c1-12-14-6-3-4-7-15(14)20-16(12)13(2)17-8-5-10-19-11-9-18/h3-4,6-7,13,17-18H,5,8-11H2,1-2H3. The molecule has 0 radical (unpaired) electrons. The zero-order valence-corrected chi connectivity index (χ0v) is 12.2. The van der Waals surface area contributed by atoms with E-state index in [9.17, 15) is 0 Å². The fourth-order valence-corrected chi connectivity index (χ4v) is 2.36. The van der Waals surface area contributed by atoms with Crippen LogP contribution in [0.4, 0.5) is 0 Å². The van der Waals surface area contributed by atoms with Crippen molar-refractivity contribution in [2.75, 3.05) is 26.4 Å². The molecular formula is C16H23NO3. The van der Waals surface area contributed by atoms with E-state index < -0.39 is 0 Å². The molecule has 2 aromatic rings. The minimum atomic E-state index is 0.0853. The summed E-state index contributed by atoms with van der Waals surface area (Å²) in [6.07, 6.45) is 0.920. The lowest BCUT2D eigenvalue weighted by atomic mass is 10.1. The monoisotopic (exact) mass is 277 g/mol. The zero-order valence-electron chi connectivity index (χ0n) is 12.2. The SMILES string of the molecule is Cc1c(C(C)NCCCOCCO)oc2ccccc12. The Morgan fingerprint density at radius 2 is 2.10 bits per heavy atom. The molecule has 110 valence electrons. The van der Waals surface area contributed by atoms with Crippen LogP contribution in [-0.2, 0) is 4.74 Å². The lowest BCUT2D eigenvalue weighted by Gasteiger charge is -2.12. The molecule has 1 unspecified atom stereocenters. The average molecular weight is 277 g/mol. The normalized spacial score (nSPS) is 12.9. The molecule has 20 heavy (non-hydrogen) atoms. The first-order valence-electron chi connectivity index (χ1n) is 7.14. The summed E-state index contributed by atoms with van der Waals surface area (Å²) < 4.78 is 11.2. The molecule has 2 N–H and O–H groups in total. The second-order valence-electron chi connectivity index (χ2n) is 4.95. The van der Waals surface area contributed by atoms with Crippen molar-refractivity contribution in [1.82, 2.24) is 5.32 Å². The molecule has 1 heterocycles. The first-order valence-corrected chi connectivity index (χ1v) is 7.14. The Hall–Kier alpha value is -1.36. The van der Waals surface area contributed by atoms with Crippen molar-refractivity contribution in [2.45, 2.75) is 26.3 Å². The van der Waals surface area contributed by atoms with Crippen molar-refractivity contribution in [3.8, 4) is 0 Å². The topological polar surface area (TPSA) is 54.6 Å². The van der Waals surface area contributed by atoms with Crippen molar-refractivity contribution in [1.29, 1.82) is 0 Å². The van der Waals surface area contributed by atoms with Crippen LogP contribution < -0.4 is 5.32 Å². The van der Waals surface area contributed by atoms with Gasteiger partial charge < -0.3 is 19.6 Å². The van der Waals surface area contributed by atoms with E-state index in [0.29, 0.717) is 13.2 Å². The van der Waals surface area contributed by atoms with E-state index >= 15 is 0 Å². The van der Waals surface area contributed by atoms with E-state index in [1.807, 2.05) is 18.2 Å². The molecule has 0 aliphatic carbocycles. The number of aliphatic hydroxyl groups is 1. The summed E-state index contributed by atoms with van der Waals surface area (Å²) >= 11 is 0. The molecule has 0 amide bonds. The largest absolute Gasteiger partial charge is 0.459 e. The second kappa shape index (κ2) is 7.43. The lowest BCUT2D eigenvalue weighted by molar-refractivity contribution is 0.0903. The van der Waals surface area contributed by atoms with E-state index in [-0.39, 0.29) is 12.6 Å². The molecule has 0 saturated carbocycles. The third kappa shape index (κ3) is 3.60. The Bertz CT molecular complexity index is 536. The lowest BCUT2D eigenvalue weighted by Crippen LogP contribution is -2.21. The van der Waals surface area contributed by atoms with Gasteiger partial charge in [-0.25, -0.2) is 0 Å². The van der Waals surface area contributed by atoms with E-state index in [1.54, 1.807) is 0 Å².